The molecule has 0 unspecified atom stereocenters. The van der Waals surface area contributed by atoms with Crippen molar-refractivity contribution in [1.82, 2.24) is 9.80 Å². The Labute approximate surface area is 186 Å². The van der Waals surface area contributed by atoms with Crippen LogP contribution >= 0.6 is 11.6 Å². The monoisotopic (exact) mass is 438 g/mol. The minimum absolute atomic E-state index is 0.0283. The Kier molecular flexibility index (Phi) is 5.57. The maximum absolute atomic E-state index is 12.6. The quantitative estimate of drug-likeness (QED) is 0.680. The summed E-state index contributed by atoms with van der Waals surface area (Å²) in [5, 5.41) is 0.665. The fourth-order valence-corrected chi connectivity index (χ4v) is 4.15. The van der Waals surface area contributed by atoms with E-state index in [0.717, 1.165) is 48.0 Å². The van der Waals surface area contributed by atoms with E-state index < -0.39 is 0 Å². The van der Waals surface area contributed by atoms with E-state index in [2.05, 4.69) is 11.0 Å². The number of hydrogen-bond donors (Lipinski definition) is 0. The molecule has 5 rings (SSSR count). The van der Waals surface area contributed by atoms with Crippen LogP contribution in [0.15, 0.2) is 54.1 Å². The van der Waals surface area contributed by atoms with E-state index in [0.29, 0.717) is 24.7 Å². The first-order chi connectivity index (χ1) is 15.1. The van der Waals surface area contributed by atoms with Crippen LogP contribution < -0.4 is 14.2 Å². The number of fused-ring (bicyclic) bond motifs is 2. The molecule has 1 saturated heterocycles. The number of hydrogen-bond acceptors (Lipinski definition) is 5. The van der Waals surface area contributed by atoms with Gasteiger partial charge in [0.25, 0.3) is 0 Å². The lowest BCUT2D eigenvalue weighted by Crippen LogP contribution is -2.47. The molecule has 1 fully saturated rings. The molecule has 3 aliphatic heterocycles. The second-order valence-corrected chi connectivity index (χ2v) is 8.25. The highest BCUT2D eigenvalue weighted by Crippen LogP contribution is 2.33. The average Bonchev–Trinajstić information content (AvgIpc) is 3.25. The molecule has 0 bridgehead atoms. The summed E-state index contributed by atoms with van der Waals surface area (Å²) in [4.78, 5) is 16.9. The summed E-state index contributed by atoms with van der Waals surface area (Å²) in [5.41, 5.74) is 3.07. The van der Waals surface area contributed by atoms with E-state index in [1.165, 1.54) is 5.56 Å². The molecule has 31 heavy (non-hydrogen) atoms. The van der Waals surface area contributed by atoms with Gasteiger partial charge in [-0.1, -0.05) is 23.7 Å². The third-order valence-corrected chi connectivity index (χ3v) is 5.91. The van der Waals surface area contributed by atoms with E-state index in [-0.39, 0.29) is 12.7 Å². The lowest BCUT2D eigenvalue weighted by molar-refractivity contribution is -0.127. The first kappa shape index (κ1) is 20.0. The maximum atomic E-state index is 12.6. The molecule has 3 heterocycles. The number of carbonyl (C=O) groups excluding carboxylic acids is 1. The van der Waals surface area contributed by atoms with Crippen molar-refractivity contribution in [3.63, 3.8) is 0 Å². The second kappa shape index (κ2) is 8.65. The summed E-state index contributed by atoms with van der Waals surface area (Å²) >= 11 is 6.06. The second-order valence-electron chi connectivity index (χ2n) is 7.81. The van der Waals surface area contributed by atoms with E-state index >= 15 is 0 Å². The molecular formula is C24H23ClN2O4. The predicted octanol–water partition coefficient (Wildman–Crippen LogP) is 3.75. The lowest BCUT2D eigenvalue weighted by Gasteiger charge is -2.34. The molecule has 2 aromatic carbocycles. The SMILES string of the molecule is O=C(C=CC1=Cc2cc(Cl)ccc2OC1)N1CCN(Cc2ccc3c(c2)OCO3)CC1. The summed E-state index contributed by atoms with van der Waals surface area (Å²) < 4.78 is 16.6. The van der Waals surface area contributed by atoms with E-state index in [1.54, 1.807) is 6.08 Å². The van der Waals surface area contributed by atoms with Crippen molar-refractivity contribution in [2.75, 3.05) is 39.6 Å². The van der Waals surface area contributed by atoms with Gasteiger partial charge < -0.3 is 19.1 Å². The summed E-state index contributed by atoms with van der Waals surface area (Å²) in [6, 6.07) is 11.6. The van der Waals surface area contributed by atoms with Crippen molar-refractivity contribution in [2.45, 2.75) is 6.54 Å². The van der Waals surface area contributed by atoms with E-state index in [1.807, 2.05) is 47.4 Å². The molecule has 0 aliphatic carbocycles. The minimum Gasteiger partial charge on any atom is -0.488 e. The van der Waals surface area contributed by atoms with Crippen LogP contribution in [0.2, 0.25) is 5.02 Å². The van der Waals surface area contributed by atoms with Crippen LogP contribution in [0.3, 0.4) is 0 Å². The highest BCUT2D eigenvalue weighted by molar-refractivity contribution is 6.30. The molecule has 0 spiro atoms. The molecule has 1 amide bonds. The molecule has 7 heteroatoms. The van der Waals surface area contributed by atoms with Crippen LogP contribution in [-0.4, -0.2) is 55.3 Å². The molecule has 0 radical (unpaired) electrons. The molecule has 0 saturated carbocycles. The van der Waals surface area contributed by atoms with Gasteiger partial charge >= 0.3 is 0 Å². The Morgan fingerprint density at radius 3 is 2.65 bits per heavy atom. The van der Waals surface area contributed by atoms with E-state index in [4.69, 9.17) is 25.8 Å². The number of ether oxygens (including phenoxy) is 3. The molecule has 6 nitrogen and oxygen atoms in total. The van der Waals surface area contributed by atoms with Crippen molar-refractivity contribution < 1.29 is 19.0 Å². The van der Waals surface area contributed by atoms with Crippen molar-refractivity contribution >= 4 is 23.6 Å². The largest absolute Gasteiger partial charge is 0.488 e. The molecular weight excluding hydrogens is 416 g/mol. The summed E-state index contributed by atoms with van der Waals surface area (Å²) in [5.74, 6) is 2.45. The van der Waals surface area contributed by atoms with Crippen LogP contribution in [-0.2, 0) is 11.3 Å². The van der Waals surface area contributed by atoms with Gasteiger partial charge in [0.05, 0.1) is 0 Å². The highest BCUT2D eigenvalue weighted by atomic mass is 35.5. The van der Waals surface area contributed by atoms with Crippen LogP contribution in [0, 0.1) is 0 Å². The standard InChI is InChI=1S/C24H23ClN2O4/c25-20-3-5-21-19(13-20)11-18(15-29-21)2-6-24(28)27-9-7-26(8-10-27)14-17-1-4-22-23(12-17)31-16-30-22/h1-6,11-13H,7-10,14-16H2. The van der Waals surface area contributed by atoms with Crippen LogP contribution in [0.4, 0.5) is 0 Å². The number of halogens is 1. The third-order valence-electron chi connectivity index (χ3n) is 5.67. The number of amides is 1. The van der Waals surface area contributed by atoms with Gasteiger partial charge in [0.15, 0.2) is 11.5 Å². The highest BCUT2D eigenvalue weighted by Gasteiger charge is 2.21. The van der Waals surface area contributed by atoms with Crippen LogP contribution in [0.5, 0.6) is 17.2 Å². The Hall–Kier alpha value is -2.96. The van der Waals surface area contributed by atoms with Gasteiger partial charge in [0.2, 0.25) is 12.7 Å². The topological polar surface area (TPSA) is 51.2 Å². The zero-order valence-electron chi connectivity index (χ0n) is 17.1. The minimum atomic E-state index is 0.0283. The van der Waals surface area contributed by atoms with Crippen LogP contribution in [0.1, 0.15) is 11.1 Å². The fraction of sp³-hybridized carbons (Fsp3) is 0.292. The molecule has 160 valence electrons. The normalized spacial score (nSPS) is 18.0. The molecule has 2 aromatic rings. The Balaban J connectivity index is 1.14. The predicted molar refractivity (Wildman–Crippen MR) is 118 cm³/mol. The zero-order chi connectivity index (χ0) is 21.2. The molecule has 3 aliphatic rings. The van der Waals surface area contributed by atoms with Gasteiger partial charge in [-0.15, -0.1) is 0 Å². The van der Waals surface area contributed by atoms with E-state index in [9.17, 15) is 4.79 Å². The zero-order valence-corrected chi connectivity index (χ0v) is 17.8. The molecule has 0 N–H and O–H groups in total. The van der Waals surface area contributed by atoms with Crippen molar-refractivity contribution in [1.29, 1.82) is 0 Å². The number of piperazine rings is 1. The fourth-order valence-electron chi connectivity index (χ4n) is 3.97. The smallest absolute Gasteiger partial charge is 0.246 e. The average molecular weight is 439 g/mol. The Bertz CT molecular complexity index is 1060. The number of nitrogens with zero attached hydrogens (tertiary/aromatic N) is 2. The number of carbonyl (C=O) groups is 1. The summed E-state index contributed by atoms with van der Waals surface area (Å²) in [6.07, 6.45) is 5.49. The summed E-state index contributed by atoms with van der Waals surface area (Å²) in [6.45, 7) is 4.67. The van der Waals surface area contributed by atoms with Gasteiger partial charge in [0.1, 0.15) is 12.4 Å². The Morgan fingerprint density at radius 2 is 1.77 bits per heavy atom. The van der Waals surface area contributed by atoms with Crippen molar-refractivity contribution in [3.8, 4) is 17.2 Å². The van der Waals surface area contributed by atoms with Crippen molar-refractivity contribution in [3.05, 3.63) is 70.3 Å². The van der Waals surface area contributed by atoms with Crippen molar-refractivity contribution in [2.24, 2.45) is 0 Å². The molecule has 0 aromatic heterocycles. The van der Waals surface area contributed by atoms with Crippen LogP contribution in [0.25, 0.3) is 6.08 Å². The Morgan fingerprint density at radius 1 is 0.968 bits per heavy atom. The van der Waals surface area contributed by atoms with Gasteiger partial charge in [-0.2, -0.15) is 0 Å². The lowest BCUT2D eigenvalue weighted by atomic mass is 10.1. The maximum Gasteiger partial charge on any atom is 0.246 e. The summed E-state index contributed by atoms with van der Waals surface area (Å²) in [7, 11) is 0. The molecule has 0 atom stereocenters. The van der Waals surface area contributed by atoms with Gasteiger partial charge in [-0.25, -0.2) is 0 Å². The first-order valence-corrected chi connectivity index (χ1v) is 10.7. The number of benzene rings is 2. The number of rotatable bonds is 4. The van der Waals surface area contributed by atoms with Gasteiger partial charge in [0, 0.05) is 49.4 Å². The first-order valence-electron chi connectivity index (χ1n) is 10.3. The third kappa shape index (κ3) is 4.55. The van der Waals surface area contributed by atoms with Gasteiger partial charge in [-0.3, -0.25) is 9.69 Å². The van der Waals surface area contributed by atoms with Gasteiger partial charge in [-0.05, 0) is 47.5 Å².